The molecular formula is C23H23N3O3. The number of aromatic nitrogens is 2. The molecule has 0 saturated heterocycles. The van der Waals surface area contributed by atoms with E-state index in [2.05, 4.69) is 27.6 Å². The number of aryl methyl sites for hydroxylation is 2. The molecule has 3 aromatic rings. The Bertz CT molecular complexity index is 1070. The lowest BCUT2D eigenvalue weighted by Crippen LogP contribution is -2.30. The maximum atomic E-state index is 13.0. The van der Waals surface area contributed by atoms with Gasteiger partial charge in [0.25, 0.3) is 5.91 Å². The highest BCUT2D eigenvalue weighted by Gasteiger charge is 2.23. The number of ether oxygens (including phenoxy) is 1. The molecule has 4 rings (SSSR count). The van der Waals surface area contributed by atoms with Crippen LogP contribution in [-0.2, 0) is 11.2 Å². The fraction of sp³-hybridized carbons (Fsp3) is 0.261. The van der Waals surface area contributed by atoms with Gasteiger partial charge in [0.05, 0.1) is 13.2 Å². The van der Waals surface area contributed by atoms with Crippen molar-refractivity contribution in [1.82, 2.24) is 15.5 Å². The van der Waals surface area contributed by atoms with Gasteiger partial charge in [-0.2, -0.15) is 5.10 Å². The quantitative estimate of drug-likeness (QED) is 0.661. The SMILES string of the molecule is COC(=O)c1n[nH]c(C)c1-c1cccc(C(=O)N[C@@H]2CCCc3ccccc32)c1. The first-order valence-corrected chi connectivity index (χ1v) is 9.71. The molecule has 1 aliphatic rings. The van der Waals surface area contributed by atoms with Gasteiger partial charge in [-0.15, -0.1) is 0 Å². The van der Waals surface area contributed by atoms with Gasteiger partial charge < -0.3 is 10.1 Å². The molecule has 1 aliphatic carbocycles. The minimum Gasteiger partial charge on any atom is -0.464 e. The van der Waals surface area contributed by atoms with Crippen molar-refractivity contribution in [3.05, 3.63) is 76.6 Å². The summed E-state index contributed by atoms with van der Waals surface area (Å²) in [5, 5.41) is 10.1. The first-order valence-electron chi connectivity index (χ1n) is 9.71. The van der Waals surface area contributed by atoms with Crippen LogP contribution in [0.25, 0.3) is 11.1 Å². The van der Waals surface area contributed by atoms with Gasteiger partial charge in [-0.25, -0.2) is 4.79 Å². The van der Waals surface area contributed by atoms with Crippen molar-refractivity contribution in [2.24, 2.45) is 0 Å². The van der Waals surface area contributed by atoms with Crippen molar-refractivity contribution in [3.8, 4) is 11.1 Å². The summed E-state index contributed by atoms with van der Waals surface area (Å²) >= 11 is 0. The molecule has 1 heterocycles. The summed E-state index contributed by atoms with van der Waals surface area (Å²) in [6.07, 6.45) is 3.03. The van der Waals surface area contributed by atoms with Gasteiger partial charge in [0, 0.05) is 16.8 Å². The number of carbonyl (C=O) groups is 2. The number of rotatable bonds is 4. The second-order valence-electron chi connectivity index (χ2n) is 7.26. The first-order chi connectivity index (χ1) is 14.1. The molecule has 0 fully saturated rings. The molecule has 0 unspecified atom stereocenters. The zero-order valence-corrected chi connectivity index (χ0v) is 16.5. The standard InChI is InChI=1S/C23H23N3O3/c1-14-20(21(26-25-14)23(28)29-2)16-9-5-10-17(13-16)22(27)24-19-12-6-8-15-7-3-4-11-18(15)19/h3-5,7,9-11,13,19H,6,8,12H2,1-2H3,(H,24,27)(H,25,26)/t19-/m1/s1. The van der Waals surface area contributed by atoms with Crippen molar-refractivity contribution in [2.45, 2.75) is 32.2 Å². The number of carbonyl (C=O) groups excluding carboxylic acids is 2. The number of H-pyrrole nitrogens is 1. The van der Waals surface area contributed by atoms with Gasteiger partial charge in [-0.1, -0.05) is 36.4 Å². The van der Waals surface area contributed by atoms with E-state index in [0.29, 0.717) is 11.1 Å². The van der Waals surface area contributed by atoms with E-state index in [1.165, 1.54) is 18.2 Å². The number of methoxy groups -OCH3 is 1. The van der Waals surface area contributed by atoms with Gasteiger partial charge in [-0.3, -0.25) is 9.89 Å². The van der Waals surface area contributed by atoms with E-state index in [9.17, 15) is 9.59 Å². The summed E-state index contributed by atoms with van der Waals surface area (Å²) in [7, 11) is 1.32. The third-order valence-electron chi connectivity index (χ3n) is 5.41. The Balaban J connectivity index is 1.61. The van der Waals surface area contributed by atoms with Crippen molar-refractivity contribution >= 4 is 11.9 Å². The molecule has 0 spiro atoms. The summed E-state index contributed by atoms with van der Waals surface area (Å²) in [6.45, 7) is 1.83. The number of aromatic amines is 1. The lowest BCUT2D eigenvalue weighted by Gasteiger charge is -2.26. The number of esters is 1. The van der Waals surface area contributed by atoms with Crippen LogP contribution in [0.2, 0.25) is 0 Å². The van der Waals surface area contributed by atoms with Crippen LogP contribution in [0.1, 0.15) is 56.6 Å². The van der Waals surface area contributed by atoms with Crippen molar-refractivity contribution in [1.29, 1.82) is 0 Å². The fourth-order valence-corrected chi connectivity index (χ4v) is 3.99. The van der Waals surface area contributed by atoms with E-state index < -0.39 is 5.97 Å². The molecule has 1 atom stereocenters. The van der Waals surface area contributed by atoms with Crippen LogP contribution in [0.3, 0.4) is 0 Å². The van der Waals surface area contributed by atoms with E-state index in [1.807, 2.05) is 31.2 Å². The summed E-state index contributed by atoms with van der Waals surface area (Å²) < 4.78 is 4.82. The molecule has 0 saturated carbocycles. The van der Waals surface area contributed by atoms with Crippen LogP contribution in [0.5, 0.6) is 0 Å². The number of fused-ring (bicyclic) bond motifs is 1. The molecule has 6 nitrogen and oxygen atoms in total. The maximum Gasteiger partial charge on any atom is 0.359 e. The molecule has 148 valence electrons. The molecule has 0 aliphatic heterocycles. The van der Waals surface area contributed by atoms with Crippen LogP contribution in [0, 0.1) is 6.92 Å². The van der Waals surface area contributed by atoms with Crippen molar-refractivity contribution < 1.29 is 14.3 Å². The lowest BCUT2D eigenvalue weighted by atomic mass is 9.87. The Labute approximate surface area is 169 Å². The normalized spacial score (nSPS) is 15.4. The van der Waals surface area contributed by atoms with Crippen molar-refractivity contribution in [2.75, 3.05) is 7.11 Å². The van der Waals surface area contributed by atoms with Crippen LogP contribution < -0.4 is 5.32 Å². The smallest absolute Gasteiger partial charge is 0.359 e. The molecular weight excluding hydrogens is 366 g/mol. The maximum absolute atomic E-state index is 13.0. The third-order valence-corrected chi connectivity index (χ3v) is 5.41. The van der Waals surface area contributed by atoms with Gasteiger partial charge >= 0.3 is 5.97 Å². The van der Waals surface area contributed by atoms with Gasteiger partial charge in [0.2, 0.25) is 0 Å². The summed E-state index contributed by atoms with van der Waals surface area (Å²) in [5.41, 5.74) is 5.38. The van der Waals surface area contributed by atoms with E-state index in [1.54, 1.807) is 12.1 Å². The van der Waals surface area contributed by atoms with Gasteiger partial charge in [0.15, 0.2) is 5.69 Å². The Kier molecular flexibility index (Phi) is 5.16. The average molecular weight is 389 g/mol. The molecule has 0 bridgehead atoms. The number of amides is 1. The molecule has 29 heavy (non-hydrogen) atoms. The zero-order valence-electron chi connectivity index (χ0n) is 16.5. The Hall–Kier alpha value is -3.41. The van der Waals surface area contributed by atoms with E-state index in [0.717, 1.165) is 30.5 Å². The highest BCUT2D eigenvalue weighted by atomic mass is 16.5. The van der Waals surface area contributed by atoms with Gasteiger partial charge in [-0.05, 0) is 55.0 Å². The summed E-state index contributed by atoms with van der Waals surface area (Å²) in [5.74, 6) is -0.646. The number of nitrogens with one attached hydrogen (secondary N) is 2. The largest absolute Gasteiger partial charge is 0.464 e. The molecule has 1 aromatic heterocycles. The minimum absolute atomic E-state index is 0.0115. The predicted molar refractivity (Wildman–Crippen MR) is 110 cm³/mol. The lowest BCUT2D eigenvalue weighted by molar-refractivity contribution is 0.0594. The average Bonchev–Trinajstić information content (AvgIpc) is 3.15. The summed E-state index contributed by atoms with van der Waals surface area (Å²) in [4.78, 5) is 25.0. The minimum atomic E-state index is -0.516. The van der Waals surface area contributed by atoms with Crippen molar-refractivity contribution in [3.63, 3.8) is 0 Å². The number of benzene rings is 2. The number of hydrogen-bond acceptors (Lipinski definition) is 4. The molecule has 0 radical (unpaired) electrons. The van der Waals surface area contributed by atoms with E-state index in [4.69, 9.17) is 4.74 Å². The number of hydrogen-bond donors (Lipinski definition) is 2. The van der Waals surface area contributed by atoms with Crippen LogP contribution in [0.15, 0.2) is 48.5 Å². The molecule has 1 amide bonds. The van der Waals surface area contributed by atoms with E-state index in [-0.39, 0.29) is 17.6 Å². The zero-order chi connectivity index (χ0) is 20.4. The number of nitrogens with zero attached hydrogens (tertiary/aromatic N) is 1. The monoisotopic (exact) mass is 389 g/mol. The second-order valence-corrected chi connectivity index (χ2v) is 7.26. The fourth-order valence-electron chi connectivity index (χ4n) is 3.99. The Morgan fingerprint density at radius 1 is 1.17 bits per heavy atom. The third kappa shape index (κ3) is 3.66. The van der Waals surface area contributed by atoms with Crippen LogP contribution in [-0.4, -0.2) is 29.2 Å². The Morgan fingerprint density at radius 3 is 2.83 bits per heavy atom. The second kappa shape index (κ2) is 7.91. The van der Waals surface area contributed by atoms with Crippen LogP contribution >= 0.6 is 0 Å². The highest BCUT2D eigenvalue weighted by Crippen LogP contribution is 2.30. The van der Waals surface area contributed by atoms with Gasteiger partial charge in [0.1, 0.15) is 0 Å². The first kappa shape index (κ1) is 18.9. The summed E-state index contributed by atoms with van der Waals surface area (Å²) in [6, 6.07) is 15.5. The van der Waals surface area contributed by atoms with E-state index >= 15 is 0 Å². The predicted octanol–water partition coefficient (Wildman–Crippen LogP) is 3.98. The molecule has 2 aromatic carbocycles. The molecule has 2 N–H and O–H groups in total. The topological polar surface area (TPSA) is 84.1 Å². The van der Waals surface area contributed by atoms with Crippen LogP contribution in [0.4, 0.5) is 0 Å². The Morgan fingerprint density at radius 2 is 2.00 bits per heavy atom. The molecule has 6 heteroatoms. The highest BCUT2D eigenvalue weighted by molar-refractivity contribution is 5.99.